The average molecular weight is 257 g/mol. The van der Waals surface area contributed by atoms with E-state index in [2.05, 4.69) is 29.8 Å². The Kier molecular flexibility index (Phi) is 3.69. The summed E-state index contributed by atoms with van der Waals surface area (Å²) < 4.78 is 6.08. The third-order valence-electron chi connectivity index (χ3n) is 2.10. The van der Waals surface area contributed by atoms with Crippen molar-refractivity contribution in [1.82, 2.24) is 0 Å². The Morgan fingerprint density at radius 1 is 1.43 bits per heavy atom. The zero-order valence-electron chi connectivity index (χ0n) is 8.50. The summed E-state index contributed by atoms with van der Waals surface area (Å²) in [5, 5.41) is 0. The van der Waals surface area contributed by atoms with Crippen LogP contribution in [0.3, 0.4) is 0 Å². The summed E-state index contributed by atoms with van der Waals surface area (Å²) in [5.74, 6) is 1.03. The standard InChI is InChI=1S/C11H13BrO2/c1-7(2)9-5-11(14-3)8(6-13)4-10(9)12/h4-7H,1-3H3. The topological polar surface area (TPSA) is 26.3 Å². The lowest BCUT2D eigenvalue weighted by Crippen LogP contribution is -1.96. The molecule has 0 atom stereocenters. The van der Waals surface area contributed by atoms with Crippen LogP contribution in [0.1, 0.15) is 35.7 Å². The van der Waals surface area contributed by atoms with Crippen molar-refractivity contribution in [3.8, 4) is 5.75 Å². The number of methoxy groups -OCH3 is 1. The van der Waals surface area contributed by atoms with E-state index < -0.39 is 0 Å². The van der Waals surface area contributed by atoms with E-state index in [-0.39, 0.29) is 0 Å². The van der Waals surface area contributed by atoms with Crippen molar-refractivity contribution in [1.29, 1.82) is 0 Å². The monoisotopic (exact) mass is 256 g/mol. The lowest BCUT2D eigenvalue weighted by Gasteiger charge is -2.12. The molecule has 0 aliphatic rings. The predicted molar refractivity (Wildman–Crippen MR) is 60.2 cm³/mol. The highest BCUT2D eigenvalue weighted by Crippen LogP contribution is 2.31. The van der Waals surface area contributed by atoms with Crippen LogP contribution in [-0.2, 0) is 0 Å². The van der Waals surface area contributed by atoms with Crippen molar-refractivity contribution < 1.29 is 9.53 Å². The second-order valence-electron chi connectivity index (χ2n) is 3.39. The molecule has 1 rings (SSSR count). The normalized spacial score (nSPS) is 10.4. The Morgan fingerprint density at radius 2 is 2.07 bits per heavy atom. The SMILES string of the molecule is COc1cc(C(C)C)c(Br)cc1C=O. The zero-order chi connectivity index (χ0) is 10.7. The Balaban J connectivity index is 3.30. The molecule has 0 fully saturated rings. The van der Waals surface area contributed by atoms with Gasteiger partial charge in [-0.15, -0.1) is 0 Å². The van der Waals surface area contributed by atoms with Gasteiger partial charge in [0.15, 0.2) is 6.29 Å². The maximum Gasteiger partial charge on any atom is 0.153 e. The van der Waals surface area contributed by atoms with Gasteiger partial charge in [0.05, 0.1) is 12.7 Å². The van der Waals surface area contributed by atoms with Crippen LogP contribution in [0.15, 0.2) is 16.6 Å². The lowest BCUT2D eigenvalue weighted by atomic mass is 10.0. The maximum atomic E-state index is 10.7. The van der Waals surface area contributed by atoms with Crippen LogP contribution in [0.25, 0.3) is 0 Å². The summed E-state index contributed by atoms with van der Waals surface area (Å²) in [6.45, 7) is 4.19. The van der Waals surface area contributed by atoms with E-state index in [0.717, 1.165) is 16.3 Å². The first-order valence-corrected chi connectivity index (χ1v) is 5.22. The first-order chi connectivity index (χ1) is 6.60. The highest BCUT2D eigenvalue weighted by Gasteiger charge is 2.10. The molecule has 0 unspecified atom stereocenters. The molecule has 14 heavy (non-hydrogen) atoms. The second-order valence-corrected chi connectivity index (χ2v) is 4.24. The van der Waals surface area contributed by atoms with Crippen molar-refractivity contribution in [2.45, 2.75) is 19.8 Å². The van der Waals surface area contributed by atoms with Crippen LogP contribution in [0.2, 0.25) is 0 Å². The van der Waals surface area contributed by atoms with E-state index in [0.29, 0.717) is 17.2 Å². The predicted octanol–water partition coefficient (Wildman–Crippen LogP) is 3.39. The van der Waals surface area contributed by atoms with Crippen molar-refractivity contribution >= 4 is 22.2 Å². The van der Waals surface area contributed by atoms with Crippen LogP contribution < -0.4 is 4.74 Å². The molecule has 0 bridgehead atoms. The van der Waals surface area contributed by atoms with Gasteiger partial charge >= 0.3 is 0 Å². The van der Waals surface area contributed by atoms with Gasteiger partial charge in [-0.25, -0.2) is 0 Å². The molecule has 0 aliphatic heterocycles. The first-order valence-electron chi connectivity index (χ1n) is 4.42. The smallest absolute Gasteiger partial charge is 0.153 e. The van der Waals surface area contributed by atoms with Gasteiger partial charge in [0, 0.05) is 4.47 Å². The van der Waals surface area contributed by atoms with Gasteiger partial charge < -0.3 is 4.74 Å². The number of hydrogen-bond donors (Lipinski definition) is 0. The average Bonchev–Trinajstić information content (AvgIpc) is 2.16. The fraction of sp³-hybridized carbons (Fsp3) is 0.364. The van der Waals surface area contributed by atoms with E-state index in [9.17, 15) is 4.79 Å². The molecule has 0 saturated heterocycles. The highest BCUT2D eigenvalue weighted by atomic mass is 79.9. The molecule has 0 N–H and O–H groups in total. The van der Waals surface area contributed by atoms with E-state index in [4.69, 9.17) is 4.74 Å². The fourth-order valence-electron chi connectivity index (χ4n) is 1.30. The van der Waals surface area contributed by atoms with Crippen molar-refractivity contribution in [3.63, 3.8) is 0 Å². The van der Waals surface area contributed by atoms with Gasteiger partial charge in [-0.1, -0.05) is 29.8 Å². The van der Waals surface area contributed by atoms with Gasteiger partial charge in [0.2, 0.25) is 0 Å². The van der Waals surface area contributed by atoms with Crippen LogP contribution in [0.4, 0.5) is 0 Å². The Morgan fingerprint density at radius 3 is 2.50 bits per heavy atom. The number of benzene rings is 1. The number of hydrogen-bond acceptors (Lipinski definition) is 2. The minimum Gasteiger partial charge on any atom is -0.496 e. The molecule has 0 radical (unpaired) electrons. The number of rotatable bonds is 3. The summed E-state index contributed by atoms with van der Waals surface area (Å²) in [5.41, 5.74) is 1.72. The summed E-state index contributed by atoms with van der Waals surface area (Å²) in [4.78, 5) is 10.7. The summed E-state index contributed by atoms with van der Waals surface area (Å²) >= 11 is 3.44. The van der Waals surface area contributed by atoms with Crippen molar-refractivity contribution in [2.75, 3.05) is 7.11 Å². The van der Waals surface area contributed by atoms with Gasteiger partial charge in [0.25, 0.3) is 0 Å². The molecule has 1 aromatic carbocycles. The van der Waals surface area contributed by atoms with E-state index in [1.54, 1.807) is 13.2 Å². The first kappa shape index (κ1) is 11.2. The van der Waals surface area contributed by atoms with Crippen LogP contribution in [0.5, 0.6) is 5.75 Å². The van der Waals surface area contributed by atoms with Crippen LogP contribution in [-0.4, -0.2) is 13.4 Å². The quantitative estimate of drug-likeness (QED) is 0.776. The Labute approximate surface area is 92.4 Å². The number of aldehydes is 1. The summed E-state index contributed by atoms with van der Waals surface area (Å²) in [7, 11) is 1.57. The summed E-state index contributed by atoms with van der Waals surface area (Å²) in [6, 6.07) is 3.69. The number of ether oxygens (including phenoxy) is 1. The fourth-order valence-corrected chi connectivity index (χ4v) is 2.11. The van der Waals surface area contributed by atoms with Crippen molar-refractivity contribution in [2.24, 2.45) is 0 Å². The molecule has 2 nitrogen and oxygen atoms in total. The van der Waals surface area contributed by atoms with E-state index in [1.807, 2.05) is 6.07 Å². The van der Waals surface area contributed by atoms with Crippen molar-refractivity contribution in [3.05, 3.63) is 27.7 Å². The Hall–Kier alpha value is -0.830. The van der Waals surface area contributed by atoms with Gasteiger partial charge in [0.1, 0.15) is 5.75 Å². The summed E-state index contributed by atoms with van der Waals surface area (Å²) in [6.07, 6.45) is 0.799. The molecule has 76 valence electrons. The van der Waals surface area contributed by atoms with Gasteiger partial charge in [-0.3, -0.25) is 4.79 Å². The highest BCUT2D eigenvalue weighted by molar-refractivity contribution is 9.10. The number of carbonyl (C=O) groups is 1. The van der Waals surface area contributed by atoms with Crippen LogP contribution >= 0.6 is 15.9 Å². The molecule has 0 spiro atoms. The molecular weight excluding hydrogens is 244 g/mol. The zero-order valence-corrected chi connectivity index (χ0v) is 10.1. The molecule has 1 aromatic rings. The van der Waals surface area contributed by atoms with Crippen LogP contribution in [0, 0.1) is 0 Å². The molecule has 0 aliphatic carbocycles. The largest absolute Gasteiger partial charge is 0.496 e. The second kappa shape index (κ2) is 4.60. The minimum absolute atomic E-state index is 0.402. The van der Waals surface area contributed by atoms with E-state index in [1.165, 1.54) is 0 Å². The molecule has 0 aromatic heterocycles. The van der Waals surface area contributed by atoms with Gasteiger partial charge in [-0.2, -0.15) is 0 Å². The minimum atomic E-state index is 0.402. The molecule has 0 amide bonds. The third-order valence-corrected chi connectivity index (χ3v) is 2.78. The number of carbonyl (C=O) groups excluding carboxylic acids is 1. The third kappa shape index (κ3) is 2.15. The Bertz CT molecular complexity index is 345. The molecule has 0 heterocycles. The number of halogens is 1. The molecular formula is C11H13BrO2. The van der Waals surface area contributed by atoms with Gasteiger partial charge in [-0.05, 0) is 23.6 Å². The maximum absolute atomic E-state index is 10.7. The molecule has 3 heteroatoms. The van der Waals surface area contributed by atoms with E-state index >= 15 is 0 Å². The molecule has 0 saturated carbocycles. The lowest BCUT2D eigenvalue weighted by molar-refractivity contribution is 0.112.